The van der Waals surface area contributed by atoms with Gasteiger partial charge in [-0.25, -0.2) is 0 Å². The maximum absolute atomic E-state index is 5.79. The molecule has 0 spiro atoms. The predicted molar refractivity (Wildman–Crippen MR) is 60.9 cm³/mol. The van der Waals surface area contributed by atoms with E-state index >= 15 is 0 Å². The quantitative estimate of drug-likeness (QED) is 0.577. The van der Waals surface area contributed by atoms with E-state index in [1.165, 1.54) is 17.3 Å². The second kappa shape index (κ2) is 4.58. The minimum atomic E-state index is 0.781. The smallest absolute Gasteiger partial charge is 0.311 e. The molecule has 0 atom stereocenters. The van der Waals surface area contributed by atoms with E-state index in [1.807, 2.05) is 36.4 Å². The first-order valence-electron chi connectivity index (χ1n) is 4.30. The molecule has 2 rings (SSSR count). The summed E-state index contributed by atoms with van der Waals surface area (Å²) < 4.78 is 5.24. The van der Waals surface area contributed by atoms with Crippen molar-refractivity contribution in [3.05, 3.63) is 53.2 Å². The van der Waals surface area contributed by atoms with Crippen LogP contribution in [-0.2, 0) is 17.5 Å². The van der Waals surface area contributed by atoms with Crippen LogP contribution in [0.1, 0.15) is 5.56 Å². The Balaban J connectivity index is 1.95. The number of benzene rings is 1. The number of hydrogen-bond acceptors (Lipinski definition) is 1. The second-order valence-electron chi connectivity index (χ2n) is 2.89. The summed E-state index contributed by atoms with van der Waals surface area (Å²) in [7, 11) is 0. The summed E-state index contributed by atoms with van der Waals surface area (Å²) in [6.45, 7) is 0. The molecule has 0 aliphatic rings. The lowest BCUT2D eigenvalue weighted by atomic mass is 10.2. The fourth-order valence-electron chi connectivity index (χ4n) is 1.12. The van der Waals surface area contributed by atoms with E-state index in [9.17, 15) is 0 Å². The van der Waals surface area contributed by atoms with Gasteiger partial charge in [0.1, 0.15) is 5.75 Å². The van der Waals surface area contributed by atoms with Crippen LogP contribution in [0.4, 0.5) is 0 Å². The first-order chi connectivity index (χ1) is 6.84. The molecular weight excluding hydrogens is 216 g/mol. The number of furan rings is 1. The van der Waals surface area contributed by atoms with Gasteiger partial charge in [-0.05, 0) is 18.2 Å². The zero-order valence-corrected chi connectivity index (χ0v) is 9.13. The number of hydrogen-bond donors (Lipinski definition) is 0. The normalized spacial score (nSPS) is 10.4. The molecule has 0 saturated carbocycles. The van der Waals surface area contributed by atoms with E-state index < -0.39 is 0 Å². The molecule has 1 nitrogen and oxygen atoms in total. The van der Waals surface area contributed by atoms with Crippen LogP contribution in [0.5, 0.6) is 0 Å². The molecule has 0 saturated heterocycles. The highest BCUT2D eigenvalue weighted by Gasteiger charge is 2.06. The van der Waals surface area contributed by atoms with Crippen LogP contribution in [0.15, 0.2) is 52.2 Å². The Bertz CT molecular complexity index is 380. The van der Waals surface area contributed by atoms with Crippen molar-refractivity contribution in [2.75, 3.05) is 0 Å². The first-order valence-corrected chi connectivity index (χ1v) is 5.76. The molecule has 72 valence electrons. The lowest BCUT2D eigenvalue weighted by Crippen LogP contribution is -1.86. The van der Waals surface area contributed by atoms with E-state index in [-0.39, 0.29) is 0 Å². The molecule has 1 aromatic carbocycles. The Morgan fingerprint density at radius 1 is 1.14 bits per heavy atom. The minimum Gasteiger partial charge on any atom is -0.426 e. The molecule has 2 aromatic rings. The van der Waals surface area contributed by atoms with Crippen LogP contribution in [0, 0.1) is 0 Å². The Hall–Kier alpha value is -0.860. The van der Waals surface area contributed by atoms with Crippen LogP contribution >= 0.6 is 11.6 Å². The Morgan fingerprint density at radius 2 is 1.93 bits per heavy atom. The van der Waals surface area contributed by atoms with Crippen molar-refractivity contribution in [1.29, 1.82) is 0 Å². The number of rotatable bonds is 3. The maximum atomic E-state index is 5.79. The van der Waals surface area contributed by atoms with Crippen LogP contribution in [0.2, 0.25) is 5.02 Å². The van der Waals surface area contributed by atoms with Crippen LogP contribution in [0.25, 0.3) is 0 Å². The summed E-state index contributed by atoms with van der Waals surface area (Å²) in [5.74, 6) is 0.963. The predicted octanol–water partition coefficient (Wildman–Crippen LogP) is 3.31. The molecule has 0 aliphatic heterocycles. The Morgan fingerprint density at radius 3 is 2.57 bits per heavy atom. The van der Waals surface area contributed by atoms with Crippen molar-refractivity contribution in [2.45, 2.75) is 10.8 Å². The van der Waals surface area contributed by atoms with E-state index in [0.717, 1.165) is 15.9 Å². The monoisotopic (exact) mass is 225 g/mol. The lowest BCUT2D eigenvalue weighted by molar-refractivity contribution is 0.473. The highest BCUT2D eigenvalue weighted by Crippen LogP contribution is 2.13. The highest BCUT2D eigenvalue weighted by molar-refractivity contribution is 7.77. The average molecular weight is 226 g/mol. The molecular formula is C11H10ClOS+. The minimum absolute atomic E-state index is 0.781. The summed E-state index contributed by atoms with van der Waals surface area (Å²) in [4.78, 5) is 0. The summed E-state index contributed by atoms with van der Waals surface area (Å²) >= 11 is 6.98. The van der Waals surface area contributed by atoms with Crippen molar-refractivity contribution in [3.63, 3.8) is 0 Å². The van der Waals surface area contributed by atoms with E-state index in [4.69, 9.17) is 16.0 Å². The molecule has 0 aliphatic carbocycles. The topological polar surface area (TPSA) is 13.1 Å². The molecule has 0 amide bonds. The van der Waals surface area contributed by atoms with Crippen molar-refractivity contribution >= 4 is 23.4 Å². The Kier molecular flexibility index (Phi) is 3.17. The molecule has 0 radical (unpaired) electrons. The van der Waals surface area contributed by atoms with E-state index in [0.29, 0.717) is 0 Å². The third-order valence-corrected chi connectivity index (χ3v) is 3.18. The van der Waals surface area contributed by atoms with Crippen LogP contribution in [-0.4, -0.2) is 0 Å². The summed E-state index contributed by atoms with van der Waals surface area (Å²) in [5.41, 5.74) is 1.27. The molecule has 0 N–H and O–H groups in total. The van der Waals surface area contributed by atoms with Crippen molar-refractivity contribution in [2.24, 2.45) is 0 Å². The molecule has 3 heteroatoms. The Labute approximate surface area is 92.1 Å². The summed E-state index contributed by atoms with van der Waals surface area (Å²) in [5, 5.41) is 1.78. The van der Waals surface area contributed by atoms with Gasteiger partial charge in [-0.15, -0.1) is 0 Å². The van der Waals surface area contributed by atoms with E-state index in [1.54, 1.807) is 6.26 Å². The second-order valence-corrected chi connectivity index (χ2v) is 4.40. The maximum Gasteiger partial charge on any atom is 0.311 e. The van der Waals surface area contributed by atoms with Gasteiger partial charge in [-0.3, -0.25) is 0 Å². The molecule has 1 heterocycles. The zero-order chi connectivity index (χ0) is 9.80. The average Bonchev–Trinajstić information content (AvgIpc) is 2.70. The van der Waals surface area contributed by atoms with Crippen LogP contribution < -0.4 is 0 Å². The van der Waals surface area contributed by atoms with Gasteiger partial charge < -0.3 is 4.42 Å². The number of halogens is 1. The van der Waals surface area contributed by atoms with Crippen molar-refractivity contribution < 1.29 is 4.42 Å². The van der Waals surface area contributed by atoms with Gasteiger partial charge >= 0.3 is 5.09 Å². The van der Waals surface area contributed by atoms with Gasteiger partial charge in [-0.1, -0.05) is 23.7 Å². The van der Waals surface area contributed by atoms with Gasteiger partial charge in [0.25, 0.3) is 0 Å². The third-order valence-electron chi connectivity index (χ3n) is 1.84. The number of thiol groups is 1. The molecule has 14 heavy (non-hydrogen) atoms. The standard InChI is InChI=1S/C11H9ClOS/c12-10-5-3-9(4-6-10)8-14-11-2-1-7-13-11/h1-7H,8H2/p+1. The molecule has 0 bridgehead atoms. The van der Waals surface area contributed by atoms with Gasteiger partial charge in [-0.2, -0.15) is 0 Å². The van der Waals surface area contributed by atoms with E-state index in [2.05, 4.69) is 0 Å². The lowest BCUT2D eigenvalue weighted by Gasteiger charge is -1.93. The van der Waals surface area contributed by atoms with Crippen molar-refractivity contribution in [3.8, 4) is 0 Å². The highest BCUT2D eigenvalue weighted by atomic mass is 35.5. The molecule has 0 fully saturated rings. The third kappa shape index (κ3) is 2.56. The largest absolute Gasteiger partial charge is 0.426 e. The summed E-state index contributed by atoms with van der Waals surface area (Å²) in [6, 6.07) is 11.8. The zero-order valence-electron chi connectivity index (χ0n) is 7.48. The van der Waals surface area contributed by atoms with Gasteiger partial charge in [0.05, 0.1) is 18.0 Å². The van der Waals surface area contributed by atoms with Crippen LogP contribution in [0.3, 0.4) is 0 Å². The van der Waals surface area contributed by atoms with Gasteiger partial charge in [0, 0.05) is 16.7 Å². The fraction of sp³-hybridized carbons (Fsp3) is 0.0909. The molecule has 0 unspecified atom stereocenters. The summed E-state index contributed by atoms with van der Waals surface area (Å²) in [6.07, 6.45) is 1.70. The first kappa shape index (κ1) is 9.69. The molecule has 1 aromatic heterocycles. The SMILES string of the molecule is Clc1ccc(C[SH+]c2ccco2)cc1. The fourth-order valence-corrected chi connectivity index (χ4v) is 2.12. The van der Waals surface area contributed by atoms with Gasteiger partial charge in [0.15, 0.2) is 0 Å². The van der Waals surface area contributed by atoms with Crippen molar-refractivity contribution in [1.82, 2.24) is 0 Å². The van der Waals surface area contributed by atoms with Gasteiger partial charge in [0.2, 0.25) is 0 Å².